The number of hydrogen-bond acceptors (Lipinski definition) is 5. The Balaban J connectivity index is 1.89. The van der Waals surface area contributed by atoms with Gasteiger partial charge in [-0.2, -0.15) is 0 Å². The third-order valence-corrected chi connectivity index (χ3v) is 11.2. The fraction of sp³-hybridized carbons (Fsp3) is 0.609. The second kappa shape index (κ2) is 9.22. The lowest BCUT2D eigenvalue weighted by Gasteiger charge is -2.40. The average Bonchev–Trinajstić information content (AvgIpc) is 2.68. The molecule has 1 aliphatic rings. The molecule has 1 fully saturated rings. The fourth-order valence-corrected chi connectivity index (χ4v) is 5.06. The average molecular weight is 431 g/mol. The summed E-state index contributed by atoms with van der Waals surface area (Å²) in [5, 5.41) is 20.2. The summed E-state index contributed by atoms with van der Waals surface area (Å²) in [5.41, 5.74) is 1.06. The summed E-state index contributed by atoms with van der Waals surface area (Å²) >= 11 is 0. The van der Waals surface area contributed by atoms with Gasteiger partial charge < -0.3 is 25.2 Å². The van der Waals surface area contributed by atoms with Gasteiger partial charge in [0.25, 0.3) is 0 Å². The highest BCUT2D eigenvalue weighted by atomic mass is 28.4. The SMILES string of the molecule is CC(C)(C)[Si](C)(C)O[C@@H](CNCC1CCNCC1)c1ccc([O-])c2[nH]c(=O)ccc12. The first-order chi connectivity index (χ1) is 14.1. The summed E-state index contributed by atoms with van der Waals surface area (Å²) in [6, 6.07) is 6.65. The highest BCUT2D eigenvalue weighted by Gasteiger charge is 2.39. The first-order valence-corrected chi connectivity index (χ1v) is 13.9. The van der Waals surface area contributed by atoms with Crippen LogP contribution in [0.2, 0.25) is 18.1 Å². The predicted octanol–water partition coefficient (Wildman–Crippen LogP) is 3.25. The number of aromatic nitrogens is 1. The number of benzene rings is 1. The van der Waals surface area contributed by atoms with E-state index in [9.17, 15) is 9.90 Å². The monoisotopic (exact) mass is 430 g/mol. The normalized spacial score (nSPS) is 17.4. The molecule has 2 aromatic rings. The highest BCUT2D eigenvalue weighted by Crippen LogP contribution is 2.41. The lowest BCUT2D eigenvalue weighted by atomic mass is 9.98. The molecular weight excluding hydrogens is 394 g/mol. The fourth-order valence-electron chi connectivity index (χ4n) is 3.78. The van der Waals surface area contributed by atoms with Crippen LogP contribution < -0.4 is 21.3 Å². The lowest BCUT2D eigenvalue weighted by Crippen LogP contribution is -2.44. The smallest absolute Gasteiger partial charge is 0.248 e. The molecule has 0 amide bonds. The van der Waals surface area contributed by atoms with Crippen molar-refractivity contribution in [3.63, 3.8) is 0 Å². The van der Waals surface area contributed by atoms with Crippen molar-refractivity contribution in [1.82, 2.24) is 15.6 Å². The van der Waals surface area contributed by atoms with E-state index in [0.29, 0.717) is 18.0 Å². The van der Waals surface area contributed by atoms with Gasteiger partial charge in [-0.05, 0) is 68.2 Å². The summed E-state index contributed by atoms with van der Waals surface area (Å²) in [6.45, 7) is 15.0. The maximum atomic E-state index is 12.3. The Morgan fingerprint density at radius 1 is 1.20 bits per heavy atom. The van der Waals surface area contributed by atoms with Gasteiger partial charge >= 0.3 is 0 Å². The molecule has 0 saturated carbocycles. The molecule has 1 atom stereocenters. The number of H-pyrrole nitrogens is 1. The van der Waals surface area contributed by atoms with Gasteiger partial charge in [-0.25, -0.2) is 0 Å². The second-order valence-corrected chi connectivity index (χ2v) is 14.7. The number of aromatic amines is 1. The van der Waals surface area contributed by atoms with E-state index in [1.165, 1.54) is 18.9 Å². The zero-order chi connectivity index (χ0) is 21.9. The molecular formula is C23H36N3O3Si-. The van der Waals surface area contributed by atoms with Crippen LogP contribution in [0.1, 0.15) is 45.3 Å². The van der Waals surface area contributed by atoms with E-state index in [2.05, 4.69) is 49.5 Å². The summed E-state index contributed by atoms with van der Waals surface area (Å²) in [7, 11) is -2.05. The van der Waals surface area contributed by atoms with Gasteiger partial charge in [0.1, 0.15) is 0 Å². The minimum Gasteiger partial charge on any atom is -0.871 e. The van der Waals surface area contributed by atoms with Crippen molar-refractivity contribution in [2.75, 3.05) is 26.2 Å². The van der Waals surface area contributed by atoms with Crippen molar-refractivity contribution in [3.05, 3.63) is 40.2 Å². The van der Waals surface area contributed by atoms with Crippen molar-refractivity contribution < 1.29 is 9.53 Å². The minimum absolute atomic E-state index is 0.0723. The van der Waals surface area contributed by atoms with Crippen LogP contribution in [-0.4, -0.2) is 39.5 Å². The molecule has 2 heterocycles. The molecule has 3 N–H and O–H groups in total. The molecule has 30 heavy (non-hydrogen) atoms. The second-order valence-electron chi connectivity index (χ2n) is 9.98. The van der Waals surface area contributed by atoms with Crippen LogP contribution in [0.15, 0.2) is 29.1 Å². The molecule has 1 aromatic heterocycles. The molecule has 3 rings (SSSR count). The van der Waals surface area contributed by atoms with Gasteiger partial charge in [0.15, 0.2) is 8.32 Å². The van der Waals surface area contributed by atoms with Gasteiger partial charge in [-0.15, -0.1) is 0 Å². The highest BCUT2D eigenvalue weighted by molar-refractivity contribution is 6.74. The number of nitrogens with one attached hydrogen (secondary N) is 3. The topological polar surface area (TPSA) is 89.2 Å². The summed E-state index contributed by atoms with van der Waals surface area (Å²) in [4.78, 5) is 14.5. The molecule has 0 radical (unpaired) electrons. The number of rotatable bonds is 7. The Hall–Kier alpha value is -1.67. The molecule has 7 heteroatoms. The zero-order valence-corrected chi connectivity index (χ0v) is 19.9. The van der Waals surface area contributed by atoms with Crippen molar-refractivity contribution in [3.8, 4) is 5.75 Å². The molecule has 0 aliphatic carbocycles. The van der Waals surface area contributed by atoms with E-state index in [1.807, 2.05) is 6.07 Å². The maximum absolute atomic E-state index is 12.3. The molecule has 6 nitrogen and oxygen atoms in total. The molecule has 1 aliphatic heterocycles. The van der Waals surface area contributed by atoms with E-state index < -0.39 is 8.32 Å². The van der Waals surface area contributed by atoms with Gasteiger partial charge in [-0.3, -0.25) is 4.79 Å². The van der Waals surface area contributed by atoms with E-state index in [0.717, 1.165) is 30.6 Å². The number of pyridine rings is 1. The zero-order valence-electron chi connectivity index (χ0n) is 18.9. The largest absolute Gasteiger partial charge is 0.871 e. The number of piperidine rings is 1. The van der Waals surface area contributed by atoms with Crippen LogP contribution >= 0.6 is 0 Å². The van der Waals surface area contributed by atoms with E-state index in [-0.39, 0.29) is 22.5 Å². The maximum Gasteiger partial charge on any atom is 0.248 e. The standard InChI is InChI=1S/C23H37N3O3Si/c1-23(2,3)30(4,5)29-20(15-25-14-16-10-12-24-13-11-16)17-6-8-19(27)22-18(17)7-9-21(28)26-22/h6-9,16,20,24-25,27H,10-15H2,1-5H3,(H,26,28)/p-1/t20-/m0/s1. The molecule has 1 saturated heterocycles. The van der Waals surface area contributed by atoms with Crippen molar-refractivity contribution >= 4 is 19.2 Å². The molecule has 0 unspecified atom stereocenters. The Labute approximate surface area is 180 Å². The van der Waals surface area contributed by atoms with Gasteiger partial charge in [0, 0.05) is 23.5 Å². The van der Waals surface area contributed by atoms with E-state index >= 15 is 0 Å². The van der Waals surface area contributed by atoms with E-state index in [4.69, 9.17) is 4.43 Å². The van der Waals surface area contributed by atoms with Crippen LogP contribution in [0.3, 0.4) is 0 Å². The quantitative estimate of drug-likeness (QED) is 0.587. The summed E-state index contributed by atoms with van der Waals surface area (Å²) < 4.78 is 6.83. The van der Waals surface area contributed by atoms with Crippen LogP contribution in [-0.2, 0) is 4.43 Å². The van der Waals surface area contributed by atoms with Gasteiger partial charge in [0.2, 0.25) is 5.56 Å². The Morgan fingerprint density at radius 3 is 2.57 bits per heavy atom. The number of hydrogen-bond donors (Lipinski definition) is 3. The van der Waals surface area contributed by atoms with Gasteiger partial charge in [-0.1, -0.05) is 38.7 Å². The van der Waals surface area contributed by atoms with Crippen LogP contribution in [0.5, 0.6) is 5.75 Å². The Kier molecular flexibility index (Phi) is 7.07. The lowest BCUT2D eigenvalue weighted by molar-refractivity contribution is -0.266. The summed E-state index contributed by atoms with van der Waals surface area (Å²) in [6.07, 6.45) is 2.20. The minimum atomic E-state index is -2.05. The van der Waals surface area contributed by atoms with Crippen molar-refractivity contribution in [2.45, 2.75) is 57.8 Å². The first-order valence-electron chi connectivity index (χ1n) is 11.0. The third kappa shape index (κ3) is 5.32. The van der Waals surface area contributed by atoms with Crippen LogP contribution in [0.25, 0.3) is 10.9 Å². The van der Waals surface area contributed by atoms with Crippen LogP contribution in [0.4, 0.5) is 0 Å². The molecule has 1 aromatic carbocycles. The van der Waals surface area contributed by atoms with Crippen LogP contribution in [0, 0.1) is 5.92 Å². The van der Waals surface area contributed by atoms with Crippen molar-refractivity contribution in [1.29, 1.82) is 0 Å². The summed E-state index contributed by atoms with van der Waals surface area (Å²) in [5.74, 6) is 0.511. The Bertz CT molecular complexity index is 914. The van der Waals surface area contributed by atoms with E-state index in [1.54, 1.807) is 12.1 Å². The molecule has 0 bridgehead atoms. The van der Waals surface area contributed by atoms with Gasteiger partial charge in [0.05, 0.1) is 6.10 Å². The molecule has 0 spiro atoms. The van der Waals surface area contributed by atoms with Crippen molar-refractivity contribution in [2.24, 2.45) is 5.92 Å². The third-order valence-electron chi connectivity index (χ3n) is 6.70. The number of fused-ring (bicyclic) bond motifs is 1. The predicted molar refractivity (Wildman–Crippen MR) is 124 cm³/mol. The first kappa shape index (κ1) is 23.0. The Morgan fingerprint density at radius 2 is 1.90 bits per heavy atom. The molecule has 166 valence electrons.